The van der Waals surface area contributed by atoms with Crippen LogP contribution in [0.1, 0.15) is 0 Å². The summed E-state index contributed by atoms with van der Waals surface area (Å²) in [6, 6.07) is 4.91. The molecule has 2 aromatic heterocycles. The Kier molecular flexibility index (Phi) is 3.40. The Balaban J connectivity index is 1.98. The van der Waals surface area contributed by atoms with Crippen LogP contribution in [0.4, 0.5) is 5.13 Å². The van der Waals surface area contributed by atoms with Crippen molar-refractivity contribution in [3.63, 3.8) is 0 Å². The highest BCUT2D eigenvalue weighted by atomic mass is 32.2. The van der Waals surface area contributed by atoms with Crippen molar-refractivity contribution in [3.8, 4) is 0 Å². The van der Waals surface area contributed by atoms with Crippen molar-refractivity contribution in [2.45, 2.75) is 13.6 Å². The van der Waals surface area contributed by atoms with Gasteiger partial charge in [0.25, 0.3) is 0 Å². The van der Waals surface area contributed by atoms with E-state index < -0.39 is 9.84 Å². The summed E-state index contributed by atoms with van der Waals surface area (Å²) in [6.07, 6.45) is 1.19. The summed E-state index contributed by atoms with van der Waals surface area (Å²) < 4.78 is 25.4. The normalized spacial score (nSPS) is 12.1. The van der Waals surface area contributed by atoms with Gasteiger partial charge in [-0.1, -0.05) is 11.3 Å². The minimum Gasteiger partial charge on any atom is -0.374 e. The number of nitrogens with two attached hydrogens (primary N) is 1. The van der Waals surface area contributed by atoms with E-state index in [1.807, 2.05) is 0 Å². The zero-order chi connectivity index (χ0) is 14.3. The van der Waals surface area contributed by atoms with E-state index in [1.165, 1.54) is 40.7 Å². The van der Waals surface area contributed by atoms with Gasteiger partial charge in [-0.15, -0.1) is 21.5 Å². The van der Waals surface area contributed by atoms with Gasteiger partial charge in [0.15, 0.2) is 18.5 Å². The summed E-state index contributed by atoms with van der Waals surface area (Å²) in [7, 11) is -3.21. The fourth-order valence-corrected chi connectivity index (χ4v) is 5.16. The van der Waals surface area contributed by atoms with Gasteiger partial charge in [-0.25, -0.2) is 13.4 Å². The van der Waals surface area contributed by atoms with Gasteiger partial charge in [-0.2, -0.15) is 0 Å². The van der Waals surface area contributed by atoms with Crippen molar-refractivity contribution in [2.75, 3.05) is 12.0 Å². The smallest absolute Gasteiger partial charge is 0.203 e. The van der Waals surface area contributed by atoms with Crippen molar-refractivity contribution in [1.29, 1.82) is 0 Å². The summed E-state index contributed by atoms with van der Waals surface area (Å²) >= 11 is 4.08. The number of anilines is 1. The maximum atomic E-state index is 11.5. The van der Waals surface area contributed by atoms with Crippen LogP contribution in [0.2, 0.25) is 0 Å². The van der Waals surface area contributed by atoms with Crippen LogP contribution < -0.4 is 5.73 Å². The molecular formula is C10H8N4O2S4. The Morgan fingerprint density at radius 1 is 1.20 bits per heavy atom. The first-order chi connectivity index (χ1) is 9.41. The number of hydrogen-bond acceptors (Lipinski definition) is 9. The molecule has 0 spiro atoms. The summed E-state index contributed by atoms with van der Waals surface area (Å²) in [5, 5.41) is 8.06. The molecule has 2 heterocycles. The highest BCUT2D eigenvalue weighted by Crippen LogP contribution is 2.36. The molecule has 6 nitrogen and oxygen atoms in total. The second kappa shape index (κ2) is 4.95. The van der Waals surface area contributed by atoms with Gasteiger partial charge in [0.1, 0.15) is 0 Å². The molecule has 3 rings (SSSR count). The average Bonchev–Trinajstić information content (AvgIpc) is 2.93. The van der Waals surface area contributed by atoms with E-state index in [0.717, 1.165) is 14.6 Å². The van der Waals surface area contributed by atoms with Gasteiger partial charge in [0, 0.05) is 6.26 Å². The third-order valence-corrected chi connectivity index (χ3v) is 6.36. The summed E-state index contributed by atoms with van der Waals surface area (Å²) in [5.41, 5.74) is 6.29. The molecule has 0 aliphatic rings. The number of sulfone groups is 1. The van der Waals surface area contributed by atoms with Crippen LogP contribution >= 0.6 is 34.4 Å². The Hall–Kier alpha value is -1.23. The van der Waals surface area contributed by atoms with Gasteiger partial charge >= 0.3 is 0 Å². The van der Waals surface area contributed by atoms with E-state index in [9.17, 15) is 8.42 Å². The first kappa shape index (κ1) is 13.7. The molecular weight excluding hydrogens is 336 g/mol. The summed E-state index contributed by atoms with van der Waals surface area (Å²) in [6.45, 7) is 0. The lowest BCUT2D eigenvalue weighted by atomic mass is 10.3. The predicted molar refractivity (Wildman–Crippen MR) is 81.2 cm³/mol. The standard InChI is InChI=1S/C10H8N4O2S4/c1-20(15,16)5-2-3-6-7(4-5)17-9(12-6)19-10-14-13-8(11)18-10/h2-4H,1H3,(H2,11,13). The monoisotopic (exact) mass is 344 g/mol. The molecule has 0 bridgehead atoms. The van der Waals surface area contributed by atoms with Gasteiger partial charge in [0.2, 0.25) is 5.13 Å². The molecule has 2 N–H and O–H groups in total. The van der Waals surface area contributed by atoms with Gasteiger partial charge in [-0.05, 0) is 30.0 Å². The van der Waals surface area contributed by atoms with E-state index >= 15 is 0 Å². The molecule has 0 saturated heterocycles. The molecule has 20 heavy (non-hydrogen) atoms. The number of benzene rings is 1. The first-order valence-corrected chi connectivity index (χ1v) is 9.63. The van der Waals surface area contributed by atoms with E-state index in [0.29, 0.717) is 14.4 Å². The van der Waals surface area contributed by atoms with Crippen LogP contribution in [-0.2, 0) is 9.84 Å². The second-order valence-corrected chi connectivity index (χ2v) is 9.44. The number of rotatable bonds is 3. The fraction of sp³-hybridized carbons (Fsp3) is 0.100. The molecule has 0 aliphatic heterocycles. The second-order valence-electron chi connectivity index (χ2n) is 3.89. The lowest BCUT2D eigenvalue weighted by Gasteiger charge is -1.96. The molecule has 0 radical (unpaired) electrons. The molecule has 1 aromatic carbocycles. The van der Waals surface area contributed by atoms with Crippen molar-refractivity contribution in [1.82, 2.24) is 15.2 Å². The summed E-state index contributed by atoms with van der Waals surface area (Å²) in [5.74, 6) is 0. The SMILES string of the molecule is CS(=O)(=O)c1ccc2nc(Sc3nnc(N)s3)sc2c1. The Labute approximate surface area is 127 Å². The predicted octanol–water partition coefficient (Wildman–Crippen LogP) is 2.28. The van der Waals surface area contributed by atoms with Crippen LogP contribution in [0.15, 0.2) is 31.8 Å². The average molecular weight is 344 g/mol. The van der Waals surface area contributed by atoms with Crippen molar-refractivity contribution >= 4 is 59.6 Å². The molecule has 0 saturated carbocycles. The maximum Gasteiger partial charge on any atom is 0.203 e. The number of nitrogen functional groups attached to an aromatic ring is 1. The quantitative estimate of drug-likeness (QED) is 0.778. The van der Waals surface area contributed by atoms with Crippen LogP contribution in [0.3, 0.4) is 0 Å². The van der Waals surface area contributed by atoms with Crippen molar-refractivity contribution in [3.05, 3.63) is 18.2 Å². The molecule has 0 fully saturated rings. The Bertz CT molecular complexity index is 884. The van der Waals surface area contributed by atoms with E-state index in [-0.39, 0.29) is 0 Å². The maximum absolute atomic E-state index is 11.5. The topological polar surface area (TPSA) is 98.8 Å². The van der Waals surface area contributed by atoms with Crippen LogP contribution in [0.5, 0.6) is 0 Å². The highest BCUT2D eigenvalue weighted by Gasteiger charge is 2.12. The molecule has 0 atom stereocenters. The number of nitrogens with zero attached hydrogens (tertiary/aromatic N) is 3. The molecule has 104 valence electrons. The number of aromatic nitrogens is 3. The Morgan fingerprint density at radius 3 is 2.65 bits per heavy atom. The zero-order valence-corrected chi connectivity index (χ0v) is 13.4. The largest absolute Gasteiger partial charge is 0.374 e. The molecule has 0 unspecified atom stereocenters. The van der Waals surface area contributed by atoms with Gasteiger partial charge in [0.05, 0.1) is 15.1 Å². The molecule has 3 aromatic rings. The van der Waals surface area contributed by atoms with E-state index in [1.54, 1.807) is 18.2 Å². The molecule has 0 aliphatic carbocycles. The lowest BCUT2D eigenvalue weighted by molar-refractivity contribution is 0.602. The van der Waals surface area contributed by atoms with Crippen molar-refractivity contribution < 1.29 is 8.42 Å². The zero-order valence-electron chi connectivity index (χ0n) is 10.1. The number of thiazole rings is 1. The van der Waals surface area contributed by atoms with Crippen LogP contribution in [0.25, 0.3) is 10.2 Å². The fourth-order valence-electron chi connectivity index (χ4n) is 1.49. The van der Waals surface area contributed by atoms with Crippen molar-refractivity contribution in [2.24, 2.45) is 0 Å². The number of fused-ring (bicyclic) bond motifs is 1. The van der Waals surface area contributed by atoms with Crippen LogP contribution in [0, 0.1) is 0 Å². The molecule has 10 heteroatoms. The Morgan fingerprint density at radius 2 is 2.00 bits per heavy atom. The third-order valence-electron chi connectivity index (χ3n) is 2.37. The van der Waals surface area contributed by atoms with Gasteiger partial charge < -0.3 is 5.73 Å². The first-order valence-electron chi connectivity index (χ1n) is 5.29. The number of hydrogen-bond donors (Lipinski definition) is 1. The summed E-state index contributed by atoms with van der Waals surface area (Å²) in [4.78, 5) is 4.72. The lowest BCUT2D eigenvalue weighted by Crippen LogP contribution is -1.95. The minimum absolute atomic E-state index is 0.297. The third kappa shape index (κ3) is 2.77. The van der Waals surface area contributed by atoms with E-state index in [4.69, 9.17) is 5.73 Å². The van der Waals surface area contributed by atoms with E-state index in [2.05, 4.69) is 15.2 Å². The van der Waals surface area contributed by atoms with Crippen LogP contribution in [-0.4, -0.2) is 29.9 Å². The highest BCUT2D eigenvalue weighted by molar-refractivity contribution is 8.02. The minimum atomic E-state index is -3.21. The molecule has 0 amide bonds. The van der Waals surface area contributed by atoms with Gasteiger partial charge in [-0.3, -0.25) is 0 Å².